The fraction of sp³-hybridized carbons (Fsp3) is 0.957. The summed E-state index contributed by atoms with van der Waals surface area (Å²) in [7, 11) is 1.62. The lowest BCUT2D eigenvalue weighted by atomic mass is 9.64. The number of hydrogen-bond donors (Lipinski definition) is 2. The Labute approximate surface area is 201 Å². The molecule has 1 heterocycles. The number of ether oxygens (including phenoxy) is 1. The van der Waals surface area contributed by atoms with Gasteiger partial charge in [0.05, 0.1) is 13.3 Å². The van der Waals surface area contributed by atoms with Crippen molar-refractivity contribution in [2.24, 2.45) is 23.2 Å². The lowest BCUT2D eigenvalue weighted by molar-refractivity contribution is -0.121. The number of nitrogens with zero attached hydrogens (tertiary/aromatic N) is 1. The number of rotatable bonds is 9. The van der Waals surface area contributed by atoms with Gasteiger partial charge in [0.1, 0.15) is 0 Å². The molecule has 1 saturated carbocycles. The topological polar surface area (TPSA) is 148 Å². The van der Waals surface area contributed by atoms with Gasteiger partial charge in [-0.3, -0.25) is 10.1 Å². The van der Waals surface area contributed by atoms with Crippen molar-refractivity contribution in [3.05, 3.63) is 0 Å². The minimum Gasteiger partial charge on any atom is -0.412 e. The van der Waals surface area contributed by atoms with Gasteiger partial charge in [-0.2, -0.15) is 0 Å². The van der Waals surface area contributed by atoms with Crippen molar-refractivity contribution in [2.75, 3.05) is 40.0 Å². The molecule has 1 unspecified atom stereocenters. The van der Waals surface area contributed by atoms with E-state index in [9.17, 15) is 4.79 Å². The molecule has 196 valence electrons. The summed E-state index contributed by atoms with van der Waals surface area (Å²) in [5, 5.41) is 6.60. The van der Waals surface area contributed by atoms with E-state index in [1.54, 1.807) is 7.11 Å². The maximum Gasteiger partial charge on any atom is 0.234 e. The maximum atomic E-state index is 12.2. The van der Waals surface area contributed by atoms with Crippen LogP contribution in [0, 0.1) is 23.2 Å². The van der Waals surface area contributed by atoms with Crippen LogP contribution in [0.1, 0.15) is 67.2 Å². The molecular formula is C23H52ClN3O5. The van der Waals surface area contributed by atoms with Crippen LogP contribution in [0.15, 0.2) is 0 Å². The minimum atomic E-state index is 0. The van der Waals surface area contributed by atoms with Gasteiger partial charge in [-0.25, -0.2) is 0 Å². The van der Waals surface area contributed by atoms with Crippen molar-refractivity contribution in [3.8, 4) is 0 Å². The van der Waals surface area contributed by atoms with E-state index in [-0.39, 0.29) is 35.8 Å². The molecule has 0 spiro atoms. The molecule has 32 heavy (non-hydrogen) atoms. The van der Waals surface area contributed by atoms with Crippen LogP contribution >= 0.6 is 11.6 Å². The Kier molecular flexibility index (Phi) is 19.2. The van der Waals surface area contributed by atoms with Crippen LogP contribution < -0.4 is 10.6 Å². The Hall–Kier alpha value is -0.480. The first-order valence-corrected chi connectivity index (χ1v) is 11.5. The Morgan fingerprint density at radius 2 is 1.72 bits per heavy atom. The number of carbonyl (C=O) groups is 1. The molecule has 0 radical (unpaired) electrons. The molecule has 8 nitrogen and oxygen atoms in total. The molecular weight excluding hydrogens is 434 g/mol. The third kappa shape index (κ3) is 11.1. The second-order valence-electron chi connectivity index (χ2n) is 9.91. The van der Waals surface area contributed by atoms with Gasteiger partial charge in [-0.05, 0) is 61.8 Å². The highest BCUT2D eigenvalue weighted by Gasteiger charge is 2.41. The molecule has 8 N–H and O–H groups in total. The van der Waals surface area contributed by atoms with E-state index in [1.165, 1.54) is 32.1 Å². The van der Waals surface area contributed by atoms with Crippen molar-refractivity contribution in [1.29, 1.82) is 0 Å². The zero-order valence-corrected chi connectivity index (χ0v) is 20.9. The van der Waals surface area contributed by atoms with Crippen molar-refractivity contribution in [2.45, 2.75) is 78.6 Å². The number of methoxy groups -OCH3 is 1. The molecule has 1 aliphatic carbocycles. The van der Waals surface area contributed by atoms with Gasteiger partial charge in [-0.1, -0.05) is 35.1 Å². The number of amides is 1. The molecule has 2 rings (SSSR count). The van der Waals surface area contributed by atoms with Crippen LogP contribution in [0.2, 0.25) is 0 Å². The molecule has 1 saturated heterocycles. The predicted molar refractivity (Wildman–Crippen MR) is 134 cm³/mol. The lowest BCUT2D eigenvalue weighted by Crippen LogP contribution is -2.54. The summed E-state index contributed by atoms with van der Waals surface area (Å²) in [5.74, 6) is 2.08. The minimum absolute atomic E-state index is 0. The number of halogens is 1. The van der Waals surface area contributed by atoms with Crippen LogP contribution in [0.3, 0.4) is 0 Å². The highest BCUT2D eigenvalue weighted by molar-refractivity contribution is 6.20. The highest BCUT2D eigenvalue weighted by Crippen LogP contribution is 2.45. The summed E-state index contributed by atoms with van der Waals surface area (Å²) in [4.78, 5) is 14.8. The van der Waals surface area contributed by atoms with Crippen LogP contribution in [-0.2, 0) is 9.53 Å². The van der Waals surface area contributed by atoms with E-state index in [0.717, 1.165) is 31.5 Å². The molecule has 0 aromatic heterocycles. The molecule has 1 amide bonds. The molecule has 1 aliphatic heterocycles. The molecule has 9 heteroatoms. The van der Waals surface area contributed by atoms with Crippen LogP contribution in [0.5, 0.6) is 0 Å². The normalized spacial score (nSPS) is 25.9. The summed E-state index contributed by atoms with van der Waals surface area (Å²) in [6, 6.07) is 0.177. The third-order valence-electron chi connectivity index (χ3n) is 6.80. The number of alkyl halides is 1. The fourth-order valence-electron chi connectivity index (χ4n) is 5.22. The van der Waals surface area contributed by atoms with Crippen molar-refractivity contribution >= 4 is 17.5 Å². The molecule has 2 aliphatic rings. The number of likely N-dealkylation sites (tertiary alicyclic amines) is 1. The van der Waals surface area contributed by atoms with Gasteiger partial charge in [0.15, 0.2) is 0 Å². The van der Waals surface area contributed by atoms with Crippen LogP contribution in [0.4, 0.5) is 0 Å². The highest BCUT2D eigenvalue weighted by atomic mass is 35.5. The summed E-state index contributed by atoms with van der Waals surface area (Å²) >= 11 is 6.33. The maximum absolute atomic E-state index is 12.2. The van der Waals surface area contributed by atoms with Gasteiger partial charge < -0.3 is 31.4 Å². The molecule has 0 aromatic rings. The summed E-state index contributed by atoms with van der Waals surface area (Å²) < 4.78 is 4.95. The molecule has 2 atom stereocenters. The van der Waals surface area contributed by atoms with Crippen molar-refractivity contribution < 1.29 is 26.0 Å². The Bertz CT molecular complexity index is 488. The average Bonchev–Trinajstić information content (AvgIpc) is 2.62. The number of nitrogens with one attached hydrogen (secondary N) is 2. The average molecular weight is 486 g/mol. The Morgan fingerprint density at radius 3 is 2.22 bits per heavy atom. The first kappa shape index (κ1) is 36.1. The predicted octanol–water partition coefficient (Wildman–Crippen LogP) is 1.63. The first-order valence-electron chi connectivity index (χ1n) is 11.1. The number of carbonyl (C=O) groups excluding carboxylic acids is 1. The SMILES string of the molecule is C.COCNCC(=O)N[C@@H](CN1CCC(C2CCC(Cl)CC2)C(C)(C)C1)C(C)C.O.O.O. The third-order valence-corrected chi connectivity index (χ3v) is 7.24. The van der Waals surface area contributed by atoms with Crippen molar-refractivity contribution in [3.63, 3.8) is 0 Å². The monoisotopic (exact) mass is 485 g/mol. The summed E-state index contributed by atoms with van der Waals surface area (Å²) in [6.07, 6.45) is 6.21. The van der Waals surface area contributed by atoms with Gasteiger partial charge in [0.2, 0.25) is 5.91 Å². The lowest BCUT2D eigenvalue weighted by Gasteiger charge is -2.49. The van der Waals surface area contributed by atoms with Gasteiger partial charge in [0, 0.05) is 31.6 Å². The Balaban J connectivity index is -0.00000210. The number of hydrogen-bond acceptors (Lipinski definition) is 4. The van der Waals surface area contributed by atoms with Gasteiger partial charge in [0.25, 0.3) is 0 Å². The van der Waals surface area contributed by atoms with Crippen molar-refractivity contribution in [1.82, 2.24) is 15.5 Å². The number of piperidine rings is 1. The van der Waals surface area contributed by atoms with E-state index in [2.05, 4.69) is 43.2 Å². The Morgan fingerprint density at radius 1 is 1.12 bits per heavy atom. The van der Waals surface area contributed by atoms with E-state index in [4.69, 9.17) is 16.3 Å². The second kappa shape index (κ2) is 17.0. The molecule has 0 bridgehead atoms. The zero-order valence-electron chi connectivity index (χ0n) is 20.1. The second-order valence-corrected chi connectivity index (χ2v) is 10.5. The smallest absolute Gasteiger partial charge is 0.234 e. The first-order chi connectivity index (χ1) is 13.2. The van der Waals surface area contributed by atoms with E-state index < -0.39 is 0 Å². The van der Waals surface area contributed by atoms with E-state index in [1.807, 2.05) is 0 Å². The standard InChI is InChI=1S/C22H42ClN3O2.CH4.3H2O/c1-16(2)20(25-21(27)12-24-15-28-5)13-26-11-10-19(22(3,4)14-26)17-6-8-18(23)9-7-17;;;;/h16-20,24H,6-15H2,1-5H3,(H,25,27);1H4;3*1H2/t17?,18?,19?,20-;;;;/m0..../s1. The van der Waals surface area contributed by atoms with Gasteiger partial charge >= 0.3 is 0 Å². The van der Waals surface area contributed by atoms with E-state index in [0.29, 0.717) is 30.0 Å². The largest absolute Gasteiger partial charge is 0.412 e. The fourth-order valence-corrected chi connectivity index (χ4v) is 5.47. The zero-order chi connectivity index (χ0) is 20.7. The molecule has 2 fully saturated rings. The summed E-state index contributed by atoms with van der Waals surface area (Å²) in [5.41, 5.74) is 0.313. The van der Waals surface area contributed by atoms with Crippen LogP contribution in [0.25, 0.3) is 0 Å². The van der Waals surface area contributed by atoms with Crippen LogP contribution in [-0.4, -0.2) is 78.7 Å². The quantitative estimate of drug-likeness (QED) is 0.290. The molecule has 0 aromatic carbocycles. The summed E-state index contributed by atoms with van der Waals surface area (Å²) in [6.45, 7) is 13.1. The van der Waals surface area contributed by atoms with Gasteiger partial charge in [-0.15, -0.1) is 11.6 Å². The van der Waals surface area contributed by atoms with E-state index >= 15 is 0 Å².